The van der Waals surface area contributed by atoms with E-state index in [1.54, 1.807) is 23.3 Å². The van der Waals surface area contributed by atoms with Crippen molar-refractivity contribution < 1.29 is 0 Å². The van der Waals surface area contributed by atoms with Gasteiger partial charge in [-0.2, -0.15) is 0 Å². The highest BCUT2D eigenvalue weighted by atomic mass is 15.4. The van der Waals surface area contributed by atoms with E-state index in [1.807, 2.05) is 13.8 Å². The largest absolute Gasteiger partial charge is 0.384 e. The second-order valence-corrected chi connectivity index (χ2v) is 3.84. The zero-order chi connectivity index (χ0) is 11.7. The molecule has 2 rings (SSSR count). The summed E-state index contributed by atoms with van der Waals surface area (Å²) in [5, 5.41) is 7.52. The van der Waals surface area contributed by atoms with E-state index in [-0.39, 0.29) is 11.9 Å². The fourth-order valence-corrected chi connectivity index (χ4v) is 1.54. The first-order valence-corrected chi connectivity index (χ1v) is 5.02. The third-order valence-electron chi connectivity index (χ3n) is 2.13. The Balaban J connectivity index is 2.63. The quantitative estimate of drug-likeness (QED) is 0.521. The predicted molar refractivity (Wildman–Crippen MR) is 63.0 cm³/mol. The maximum absolute atomic E-state index is 7.52. The molecular formula is C10H14N6. The Morgan fingerprint density at radius 2 is 2.25 bits per heavy atom. The number of hydrogen-bond acceptors (Lipinski definition) is 4. The Kier molecular flexibility index (Phi) is 2.47. The Morgan fingerprint density at radius 3 is 2.88 bits per heavy atom. The zero-order valence-electron chi connectivity index (χ0n) is 9.23. The Hall–Kier alpha value is -2.11. The van der Waals surface area contributed by atoms with Crippen LogP contribution in [0.3, 0.4) is 0 Å². The normalized spacial score (nSPS) is 10.9. The van der Waals surface area contributed by atoms with Crippen molar-refractivity contribution in [3.63, 3.8) is 0 Å². The molecule has 0 bridgehead atoms. The molecule has 16 heavy (non-hydrogen) atoms. The van der Waals surface area contributed by atoms with Gasteiger partial charge in [-0.3, -0.25) is 5.41 Å². The van der Waals surface area contributed by atoms with Gasteiger partial charge in [0.05, 0.1) is 0 Å². The molecule has 0 saturated heterocycles. The molecule has 6 nitrogen and oxygen atoms in total. The first-order valence-electron chi connectivity index (χ1n) is 5.02. The average molecular weight is 218 g/mol. The van der Waals surface area contributed by atoms with Crippen LogP contribution in [0.1, 0.15) is 19.4 Å². The molecule has 0 saturated carbocycles. The highest BCUT2D eigenvalue weighted by molar-refractivity contribution is 6.04. The molecule has 0 amide bonds. The second kappa shape index (κ2) is 3.80. The van der Waals surface area contributed by atoms with E-state index in [4.69, 9.17) is 11.1 Å². The van der Waals surface area contributed by atoms with Crippen molar-refractivity contribution in [1.82, 2.24) is 14.6 Å². The van der Waals surface area contributed by atoms with E-state index in [1.165, 1.54) is 0 Å². The number of rotatable bonds is 3. The van der Waals surface area contributed by atoms with Crippen LogP contribution >= 0.6 is 0 Å². The second-order valence-electron chi connectivity index (χ2n) is 3.84. The lowest BCUT2D eigenvalue weighted by Gasteiger charge is -2.12. The van der Waals surface area contributed by atoms with Gasteiger partial charge >= 0.3 is 0 Å². The van der Waals surface area contributed by atoms with Gasteiger partial charge in [-0.05, 0) is 19.9 Å². The molecule has 0 unspecified atom stereocenters. The summed E-state index contributed by atoms with van der Waals surface area (Å²) < 4.78 is 1.75. The first kappa shape index (κ1) is 10.4. The number of imidazole rings is 1. The third kappa shape index (κ3) is 1.69. The molecule has 2 aromatic heterocycles. The first-order chi connectivity index (χ1) is 7.59. The van der Waals surface area contributed by atoms with E-state index in [2.05, 4.69) is 15.4 Å². The number of aromatic nitrogens is 3. The SMILES string of the molecule is CC(C)Nn1cnc2nccc(C(=N)N)c21. The van der Waals surface area contributed by atoms with Crippen LogP contribution in [0.5, 0.6) is 0 Å². The molecule has 84 valence electrons. The van der Waals surface area contributed by atoms with Crippen LogP contribution in [0.2, 0.25) is 0 Å². The number of nitrogen functional groups attached to an aromatic ring is 1. The number of fused-ring (bicyclic) bond motifs is 1. The Labute approximate surface area is 93.0 Å². The minimum Gasteiger partial charge on any atom is -0.384 e. The molecule has 0 aromatic carbocycles. The molecule has 6 heteroatoms. The molecule has 2 aromatic rings. The van der Waals surface area contributed by atoms with E-state index in [0.29, 0.717) is 11.2 Å². The molecule has 0 aliphatic heterocycles. The number of hydrogen-bond donors (Lipinski definition) is 3. The van der Waals surface area contributed by atoms with Gasteiger partial charge in [0.2, 0.25) is 0 Å². The number of nitrogens with zero attached hydrogens (tertiary/aromatic N) is 3. The zero-order valence-corrected chi connectivity index (χ0v) is 9.23. The van der Waals surface area contributed by atoms with Gasteiger partial charge in [-0.1, -0.05) is 0 Å². The maximum Gasteiger partial charge on any atom is 0.180 e. The number of pyridine rings is 1. The monoisotopic (exact) mass is 218 g/mol. The smallest absolute Gasteiger partial charge is 0.180 e. The fourth-order valence-electron chi connectivity index (χ4n) is 1.54. The number of nitrogens with one attached hydrogen (secondary N) is 2. The fraction of sp³-hybridized carbons (Fsp3) is 0.300. The van der Waals surface area contributed by atoms with Crippen molar-refractivity contribution in [3.05, 3.63) is 24.2 Å². The Bertz CT molecular complexity index is 527. The molecule has 0 atom stereocenters. The van der Waals surface area contributed by atoms with Crippen LogP contribution in [0, 0.1) is 5.41 Å². The number of nitrogens with two attached hydrogens (primary N) is 1. The average Bonchev–Trinajstić information content (AvgIpc) is 2.60. The summed E-state index contributed by atoms with van der Waals surface area (Å²) in [6.45, 7) is 4.05. The summed E-state index contributed by atoms with van der Waals surface area (Å²) in [6.07, 6.45) is 3.25. The third-order valence-corrected chi connectivity index (χ3v) is 2.13. The van der Waals surface area contributed by atoms with E-state index >= 15 is 0 Å². The van der Waals surface area contributed by atoms with Crippen molar-refractivity contribution in [2.24, 2.45) is 5.73 Å². The van der Waals surface area contributed by atoms with Gasteiger partial charge in [0.15, 0.2) is 5.65 Å². The van der Waals surface area contributed by atoms with Gasteiger partial charge in [-0.25, -0.2) is 14.6 Å². The lowest BCUT2D eigenvalue weighted by molar-refractivity contribution is 0.749. The van der Waals surface area contributed by atoms with Crippen LogP contribution in [-0.2, 0) is 0 Å². The summed E-state index contributed by atoms with van der Waals surface area (Å²) in [7, 11) is 0. The highest BCUT2D eigenvalue weighted by Crippen LogP contribution is 2.14. The van der Waals surface area contributed by atoms with Crippen molar-refractivity contribution >= 4 is 17.0 Å². The van der Waals surface area contributed by atoms with Gasteiger partial charge in [0.1, 0.15) is 17.7 Å². The summed E-state index contributed by atoms with van der Waals surface area (Å²) >= 11 is 0. The highest BCUT2D eigenvalue weighted by Gasteiger charge is 2.11. The van der Waals surface area contributed by atoms with Gasteiger partial charge in [0.25, 0.3) is 0 Å². The van der Waals surface area contributed by atoms with Crippen LogP contribution in [0.4, 0.5) is 0 Å². The summed E-state index contributed by atoms with van der Waals surface area (Å²) in [5.74, 6) is 0.0136. The number of amidine groups is 1. The molecule has 0 fully saturated rings. The molecular weight excluding hydrogens is 204 g/mol. The van der Waals surface area contributed by atoms with E-state index in [9.17, 15) is 0 Å². The van der Waals surface area contributed by atoms with Crippen molar-refractivity contribution in [3.8, 4) is 0 Å². The topological polar surface area (TPSA) is 92.6 Å². The van der Waals surface area contributed by atoms with Crippen LogP contribution in [-0.4, -0.2) is 26.5 Å². The standard InChI is InChI=1S/C10H14N6/c1-6(2)15-16-5-14-10-8(16)7(9(11)12)3-4-13-10/h3-6,15H,1-2H3,(H3,11,12). The Morgan fingerprint density at radius 1 is 1.50 bits per heavy atom. The minimum absolute atomic E-state index is 0.0136. The lowest BCUT2D eigenvalue weighted by atomic mass is 10.2. The van der Waals surface area contributed by atoms with Crippen LogP contribution < -0.4 is 11.2 Å². The maximum atomic E-state index is 7.52. The van der Waals surface area contributed by atoms with Crippen molar-refractivity contribution in [1.29, 1.82) is 5.41 Å². The van der Waals surface area contributed by atoms with E-state index in [0.717, 1.165) is 5.52 Å². The summed E-state index contributed by atoms with van der Waals surface area (Å²) in [5.41, 5.74) is 10.7. The predicted octanol–water partition coefficient (Wildman–Crippen LogP) is 0.667. The van der Waals surface area contributed by atoms with Crippen molar-refractivity contribution in [2.75, 3.05) is 5.43 Å². The molecule has 0 radical (unpaired) electrons. The minimum atomic E-state index is 0.0136. The van der Waals surface area contributed by atoms with Crippen molar-refractivity contribution in [2.45, 2.75) is 19.9 Å². The van der Waals surface area contributed by atoms with Gasteiger partial charge < -0.3 is 11.2 Å². The summed E-state index contributed by atoms with van der Waals surface area (Å²) in [6, 6.07) is 1.97. The van der Waals surface area contributed by atoms with E-state index < -0.39 is 0 Å². The molecule has 4 N–H and O–H groups in total. The lowest BCUT2D eigenvalue weighted by Crippen LogP contribution is -2.23. The molecule has 0 spiro atoms. The molecule has 0 aliphatic carbocycles. The van der Waals surface area contributed by atoms with Gasteiger partial charge in [0, 0.05) is 17.8 Å². The van der Waals surface area contributed by atoms with Crippen LogP contribution in [0.15, 0.2) is 18.6 Å². The molecule has 2 heterocycles. The van der Waals surface area contributed by atoms with Gasteiger partial charge in [-0.15, -0.1) is 0 Å². The van der Waals surface area contributed by atoms with Crippen LogP contribution in [0.25, 0.3) is 11.2 Å². The molecule has 0 aliphatic rings. The summed E-state index contributed by atoms with van der Waals surface area (Å²) in [4.78, 5) is 8.28.